The second-order valence-corrected chi connectivity index (χ2v) is 4.80. The molecule has 0 aliphatic heterocycles. The molecule has 0 atom stereocenters. The van der Waals surface area contributed by atoms with Crippen molar-refractivity contribution in [2.45, 2.75) is 16.8 Å². The lowest BCUT2D eigenvalue weighted by Gasteiger charge is -2.07. The van der Waals surface area contributed by atoms with Crippen molar-refractivity contribution in [3.63, 3.8) is 0 Å². The minimum atomic E-state index is -0.225. The summed E-state index contributed by atoms with van der Waals surface area (Å²) >= 11 is 1.31. The number of rotatable bonds is 3. The van der Waals surface area contributed by atoms with Gasteiger partial charge in [0.05, 0.1) is 11.8 Å². The van der Waals surface area contributed by atoms with Crippen molar-refractivity contribution in [3.05, 3.63) is 41.6 Å². The Morgan fingerprint density at radius 2 is 2.00 bits per heavy atom. The zero-order valence-electron chi connectivity index (χ0n) is 9.71. The molecule has 0 saturated carbocycles. The maximum atomic E-state index is 9.65. The van der Waals surface area contributed by atoms with Gasteiger partial charge in [0.25, 0.3) is 0 Å². The molecule has 6 heteroatoms. The van der Waals surface area contributed by atoms with Gasteiger partial charge in [-0.3, -0.25) is 5.41 Å². The number of amidine groups is 1. The van der Waals surface area contributed by atoms with Gasteiger partial charge in [-0.15, -0.1) is 5.10 Å². The molecule has 4 N–H and O–H groups in total. The number of benzene rings is 1. The summed E-state index contributed by atoms with van der Waals surface area (Å²) in [7, 11) is 0. The van der Waals surface area contributed by atoms with Crippen molar-refractivity contribution >= 4 is 17.6 Å². The van der Waals surface area contributed by atoms with Gasteiger partial charge in [-0.25, -0.2) is 0 Å². The van der Waals surface area contributed by atoms with Crippen LogP contribution in [0.15, 0.2) is 40.4 Å². The van der Waals surface area contributed by atoms with Crippen LogP contribution in [-0.4, -0.2) is 21.1 Å². The van der Waals surface area contributed by atoms with Gasteiger partial charge >= 0.3 is 0 Å². The van der Waals surface area contributed by atoms with Crippen LogP contribution in [0.2, 0.25) is 0 Å². The monoisotopic (exact) mass is 260 g/mol. The first kappa shape index (κ1) is 12.4. The predicted molar refractivity (Wildman–Crippen MR) is 70.0 cm³/mol. The van der Waals surface area contributed by atoms with E-state index >= 15 is 0 Å². The van der Waals surface area contributed by atoms with Crippen LogP contribution in [0.3, 0.4) is 0 Å². The lowest BCUT2D eigenvalue weighted by atomic mass is 10.2. The third-order valence-corrected chi connectivity index (χ3v) is 3.29. The summed E-state index contributed by atoms with van der Waals surface area (Å²) in [4.78, 5) is 0.947. The Kier molecular flexibility index (Phi) is 3.47. The molecule has 92 valence electrons. The molecular formula is C12H12N4OS. The van der Waals surface area contributed by atoms with Crippen molar-refractivity contribution in [2.24, 2.45) is 5.73 Å². The number of aromatic nitrogens is 2. The lowest BCUT2D eigenvalue weighted by Crippen LogP contribution is -2.13. The third-order valence-electron chi connectivity index (χ3n) is 2.30. The van der Waals surface area contributed by atoms with Crippen LogP contribution in [0.5, 0.6) is 5.75 Å². The first-order valence-electron chi connectivity index (χ1n) is 5.21. The maximum Gasteiger partial charge on any atom is 0.149 e. The van der Waals surface area contributed by atoms with Gasteiger partial charge in [-0.05, 0) is 19.1 Å². The normalized spacial score (nSPS) is 10.3. The van der Waals surface area contributed by atoms with Gasteiger partial charge in [-0.1, -0.05) is 29.5 Å². The molecule has 5 nitrogen and oxygen atoms in total. The highest BCUT2D eigenvalue weighted by Crippen LogP contribution is 2.31. The largest absolute Gasteiger partial charge is 0.505 e. The van der Waals surface area contributed by atoms with Gasteiger partial charge in [0.2, 0.25) is 0 Å². The molecule has 1 aromatic heterocycles. The second-order valence-electron chi connectivity index (χ2n) is 3.74. The number of hydrogen-bond acceptors (Lipinski definition) is 5. The molecule has 0 spiro atoms. The molecule has 0 saturated heterocycles. The van der Waals surface area contributed by atoms with Crippen LogP contribution in [-0.2, 0) is 0 Å². The third kappa shape index (κ3) is 2.60. The van der Waals surface area contributed by atoms with E-state index in [9.17, 15) is 5.11 Å². The smallest absolute Gasteiger partial charge is 0.149 e. The standard InChI is InChI=1S/C12H12N4OS/c1-7-2-4-8(5-3-7)18-12-10(11(13)14)9(17)6-15-16-12/h2-6H,1H3,(H3,13,14)(H,16,17). The van der Waals surface area contributed by atoms with Gasteiger partial charge in [0, 0.05) is 4.90 Å². The van der Waals surface area contributed by atoms with Gasteiger partial charge in [0.15, 0.2) is 0 Å². The molecule has 0 bridgehead atoms. The quantitative estimate of drug-likeness (QED) is 0.579. The molecule has 18 heavy (non-hydrogen) atoms. The van der Waals surface area contributed by atoms with Crippen LogP contribution in [0.4, 0.5) is 0 Å². The Morgan fingerprint density at radius 1 is 1.33 bits per heavy atom. The van der Waals surface area contributed by atoms with E-state index in [1.54, 1.807) is 0 Å². The molecule has 0 unspecified atom stereocenters. The van der Waals surface area contributed by atoms with Crippen LogP contribution in [0.1, 0.15) is 11.1 Å². The Morgan fingerprint density at radius 3 is 2.61 bits per heavy atom. The van der Waals surface area contributed by atoms with Crippen molar-refractivity contribution in [3.8, 4) is 5.75 Å². The minimum Gasteiger partial charge on any atom is -0.505 e. The first-order chi connectivity index (χ1) is 8.58. The van der Waals surface area contributed by atoms with Crippen LogP contribution >= 0.6 is 11.8 Å². The lowest BCUT2D eigenvalue weighted by molar-refractivity contribution is 0.466. The number of nitrogen functional groups attached to an aromatic ring is 1. The van der Waals surface area contributed by atoms with E-state index < -0.39 is 0 Å². The fourth-order valence-electron chi connectivity index (χ4n) is 1.40. The Balaban J connectivity index is 2.37. The summed E-state index contributed by atoms with van der Waals surface area (Å²) in [6.07, 6.45) is 1.18. The molecular weight excluding hydrogens is 248 g/mol. The van der Waals surface area contributed by atoms with Crippen molar-refractivity contribution in [2.75, 3.05) is 0 Å². The minimum absolute atomic E-state index is 0.132. The fourth-order valence-corrected chi connectivity index (χ4v) is 2.30. The van der Waals surface area contributed by atoms with Crippen LogP contribution < -0.4 is 5.73 Å². The van der Waals surface area contributed by atoms with Crippen molar-refractivity contribution in [1.29, 1.82) is 5.41 Å². The molecule has 2 rings (SSSR count). The predicted octanol–water partition coefficient (Wildman–Crippen LogP) is 1.93. The van der Waals surface area contributed by atoms with Crippen LogP contribution in [0, 0.1) is 12.3 Å². The number of hydrogen-bond donors (Lipinski definition) is 3. The molecule has 0 fully saturated rings. The number of nitrogens with two attached hydrogens (primary N) is 1. The summed E-state index contributed by atoms with van der Waals surface area (Å²) in [6, 6.07) is 7.84. The highest BCUT2D eigenvalue weighted by atomic mass is 32.2. The molecule has 0 aliphatic rings. The number of aromatic hydroxyl groups is 1. The Labute approximate surface area is 109 Å². The van der Waals surface area contributed by atoms with Crippen LogP contribution in [0.25, 0.3) is 0 Å². The van der Waals surface area contributed by atoms with Gasteiger partial charge < -0.3 is 10.8 Å². The maximum absolute atomic E-state index is 9.65. The number of aryl methyl sites for hydroxylation is 1. The van der Waals surface area contributed by atoms with E-state index in [1.807, 2.05) is 31.2 Å². The van der Waals surface area contributed by atoms with E-state index in [4.69, 9.17) is 11.1 Å². The summed E-state index contributed by atoms with van der Waals surface area (Å²) in [5, 5.41) is 25.1. The zero-order valence-corrected chi connectivity index (χ0v) is 10.5. The Bertz CT molecular complexity index is 583. The summed E-state index contributed by atoms with van der Waals surface area (Å²) in [5.41, 5.74) is 6.81. The highest BCUT2D eigenvalue weighted by Gasteiger charge is 2.14. The summed E-state index contributed by atoms with van der Waals surface area (Å²) < 4.78 is 0. The van der Waals surface area contributed by atoms with E-state index in [0.717, 1.165) is 10.5 Å². The molecule has 1 heterocycles. The highest BCUT2D eigenvalue weighted by molar-refractivity contribution is 7.99. The van der Waals surface area contributed by atoms with Gasteiger partial charge in [-0.2, -0.15) is 5.10 Å². The summed E-state index contributed by atoms with van der Waals surface area (Å²) in [5.74, 6) is -0.357. The van der Waals surface area contributed by atoms with Crippen molar-refractivity contribution < 1.29 is 5.11 Å². The van der Waals surface area contributed by atoms with E-state index in [2.05, 4.69) is 10.2 Å². The molecule has 0 amide bonds. The molecule has 0 aliphatic carbocycles. The number of nitrogens with zero attached hydrogens (tertiary/aromatic N) is 2. The Hall–Kier alpha value is -2.08. The van der Waals surface area contributed by atoms with E-state index in [-0.39, 0.29) is 17.1 Å². The average Bonchev–Trinajstić information content (AvgIpc) is 2.32. The second kappa shape index (κ2) is 5.05. The molecule has 2 aromatic rings. The average molecular weight is 260 g/mol. The van der Waals surface area contributed by atoms with Gasteiger partial charge in [0.1, 0.15) is 16.6 Å². The fraction of sp³-hybridized carbons (Fsp3) is 0.0833. The molecule has 0 radical (unpaired) electrons. The number of nitrogens with one attached hydrogen (secondary N) is 1. The SMILES string of the molecule is Cc1ccc(Sc2nncc(O)c2C(=N)N)cc1. The van der Waals surface area contributed by atoms with Crippen molar-refractivity contribution in [1.82, 2.24) is 10.2 Å². The molecule has 1 aromatic carbocycles. The first-order valence-corrected chi connectivity index (χ1v) is 6.03. The van der Waals surface area contributed by atoms with E-state index in [0.29, 0.717) is 5.03 Å². The van der Waals surface area contributed by atoms with E-state index in [1.165, 1.54) is 18.0 Å². The summed E-state index contributed by atoms with van der Waals surface area (Å²) in [6.45, 7) is 2.00. The zero-order chi connectivity index (χ0) is 13.1. The topological polar surface area (TPSA) is 95.9 Å².